The van der Waals surface area contributed by atoms with Crippen LogP contribution < -0.4 is 5.32 Å². The Bertz CT molecular complexity index is 1130. The number of amides is 3. The van der Waals surface area contributed by atoms with Gasteiger partial charge in [-0.25, -0.2) is 4.79 Å². The van der Waals surface area contributed by atoms with E-state index >= 15 is 0 Å². The van der Waals surface area contributed by atoms with Crippen LogP contribution in [0.15, 0.2) is 54.6 Å². The SMILES string of the molecule is CC(C)COC(=O)c1ccc(NC(=O)[C@H](Cc2ccccc2)N2C(=O)[C@H]3[C@@H]4CC[C@@H](C4)[C@@H]3C2=O)cc1. The van der Waals surface area contributed by atoms with Crippen molar-refractivity contribution in [1.29, 1.82) is 0 Å². The molecule has 1 N–H and O–H groups in total. The first kappa shape index (κ1) is 24.2. The number of hydrogen-bond acceptors (Lipinski definition) is 5. The van der Waals surface area contributed by atoms with Crippen LogP contribution >= 0.6 is 0 Å². The monoisotopic (exact) mass is 488 g/mol. The van der Waals surface area contributed by atoms with Gasteiger partial charge in [-0.15, -0.1) is 0 Å². The lowest BCUT2D eigenvalue weighted by molar-refractivity contribution is -0.147. The lowest BCUT2D eigenvalue weighted by atomic mass is 9.81. The fraction of sp³-hybridized carbons (Fsp3) is 0.448. The number of benzene rings is 2. The topological polar surface area (TPSA) is 92.8 Å². The molecule has 5 rings (SSSR count). The number of nitrogens with one attached hydrogen (secondary N) is 1. The number of anilines is 1. The van der Waals surface area contributed by atoms with Crippen molar-refractivity contribution >= 4 is 29.4 Å². The largest absolute Gasteiger partial charge is 0.462 e. The number of fused-ring (bicyclic) bond motifs is 5. The third-order valence-electron chi connectivity index (χ3n) is 7.78. The summed E-state index contributed by atoms with van der Waals surface area (Å²) in [6.45, 7) is 4.26. The van der Waals surface area contributed by atoms with Crippen molar-refractivity contribution < 1.29 is 23.9 Å². The van der Waals surface area contributed by atoms with Crippen molar-refractivity contribution in [3.63, 3.8) is 0 Å². The normalized spacial score (nSPS) is 25.2. The van der Waals surface area contributed by atoms with E-state index in [2.05, 4.69) is 5.32 Å². The summed E-state index contributed by atoms with van der Waals surface area (Å²) in [6, 6.07) is 15.0. The van der Waals surface area contributed by atoms with Crippen LogP contribution in [0.1, 0.15) is 49.0 Å². The zero-order valence-corrected chi connectivity index (χ0v) is 20.7. The number of nitrogens with zero attached hydrogens (tertiary/aromatic N) is 1. The lowest BCUT2D eigenvalue weighted by Gasteiger charge is -2.27. The Hall–Kier alpha value is -3.48. The number of imide groups is 1. The minimum atomic E-state index is -0.937. The number of hydrogen-bond donors (Lipinski definition) is 1. The van der Waals surface area contributed by atoms with Gasteiger partial charge < -0.3 is 10.1 Å². The van der Waals surface area contributed by atoms with Crippen molar-refractivity contribution in [2.45, 2.75) is 45.6 Å². The van der Waals surface area contributed by atoms with E-state index in [9.17, 15) is 19.2 Å². The van der Waals surface area contributed by atoms with E-state index in [1.807, 2.05) is 44.2 Å². The van der Waals surface area contributed by atoms with E-state index in [1.165, 1.54) is 4.90 Å². The van der Waals surface area contributed by atoms with E-state index in [0.717, 1.165) is 24.8 Å². The first-order valence-electron chi connectivity index (χ1n) is 12.8. The molecule has 0 radical (unpaired) electrons. The van der Waals surface area contributed by atoms with E-state index in [0.29, 0.717) is 17.9 Å². The molecule has 188 valence electrons. The van der Waals surface area contributed by atoms with Gasteiger partial charge in [0, 0.05) is 12.1 Å². The van der Waals surface area contributed by atoms with Crippen LogP contribution in [0.25, 0.3) is 0 Å². The summed E-state index contributed by atoms with van der Waals surface area (Å²) >= 11 is 0. The van der Waals surface area contributed by atoms with Gasteiger partial charge in [0.25, 0.3) is 0 Å². The van der Waals surface area contributed by atoms with Gasteiger partial charge in [0.05, 0.1) is 24.0 Å². The summed E-state index contributed by atoms with van der Waals surface area (Å²) in [6.07, 6.45) is 3.17. The fourth-order valence-electron chi connectivity index (χ4n) is 6.12. The number of ether oxygens (including phenoxy) is 1. The average molecular weight is 489 g/mol. The first-order valence-corrected chi connectivity index (χ1v) is 12.8. The molecule has 2 aliphatic carbocycles. The van der Waals surface area contributed by atoms with E-state index in [1.54, 1.807) is 24.3 Å². The highest BCUT2D eigenvalue weighted by Gasteiger charge is 2.62. The molecule has 3 aliphatic rings. The average Bonchev–Trinajstić information content (AvgIpc) is 3.56. The summed E-state index contributed by atoms with van der Waals surface area (Å²) in [5, 5.41) is 2.86. The molecule has 1 aliphatic heterocycles. The molecule has 2 aromatic carbocycles. The summed E-state index contributed by atoms with van der Waals surface area (Å²) < 4.78 is 5.26. The maximum atomic E-state index is 13.5. The Morgan fingerprint density at radius 3 is 2.14 bits per heavy atom. The lowest BCUT2D eigenvalue weighted by Crippen LogP contribution is -2.49. The molecule has 2 bridgehead atoms. The van der Waals surface area contributed by atoms with Crippen LogP contribution in [-0.4, -0.2) is 41.2 Å². The second-order valence-corrected chi connectivity index (χ2v) is 10.7. The summed E-state index contributed by atoms with van der Waals surface area (Å²) in [5.74, 6) is -1.04. The van der Waals surface area contributed by atoms with Gasteiger partial charge in [0.2, 0.25) is 17.7 Å². The Morgan fingerprint density at radius 2 is 1.56 bits per heavy atom. The molecule has 7 nitrogen and oxygen atoms in total. The number of esters is 1. The molecule has 0 unspecified atom stereocenters. The molecule has 3 amide bonds. The van der Waals surface area contributed by atoms with Crippen molar-refractivity contribution in [3.05, 3.63) is 65.7 Å². The number of carbonyl (C=O) groups excluding carboxylic acids is 4. The summed E-state index contributed by atoms with van der Waals surface area (Å²) in [4.78, 5) is 54.0. The minimum Gasteiger partial charge on any atom is -0.462 e. The number of likely N-dealkylation sites (tertiary alicyclic amines) is 1. The molecular formula is C29H32N2O5. The van der Waals surface area contributed by atoms with E-state index in [-0.39, 0.29) is 47.8 Å². The Labute approximate surface area is 211 Å². The maximum Gasteiger partial charge on any atom is 0.338 e. The zero-order chi connectivity index (χ0) is 25.4. The van der Waals surface area contributed by atoms with Crippen LogP contribution in [0.4, 0.5) is 5.69 Å². The zero-order valence-electron chi connectivity index (χ0n) is 20.7. The van der Waals surface area contributed by atoms with Gasteiger partial charge in [-0.05, 0) is 66.8 Å². The number of carbonyl (C=O) groups is 4. The third kappa shape index (κ3) is 4.54. The predicted octanol–water partition coefficient (Wildman–Crippen LogP) is 4.08. The fourth-order valence-corrected chi connectivity index (χ4v) is 6.12. The van der Waals surface area contributed by atoms with E-state index < -0.39 is 17.9 Å². The highest BCUT2D eigenvalue weighted by atomic mass is 16.5. The van der Waals surface area contributed by atoms with Crippen molar-refractivity contribution in [2.75, 3.05) is 11.9 Å². The molecule has 7 heteroatoms. The van der Waals surface area contributed by atoms with Gasteiger partial charge >= 0.3 is 5.97 Å². The second-order valence-electron chi connectivity index (χ2n) is 10.7. The van der Waals surface area contributed by atoms with Crippen LogP contribution in [0, 0.1) is 29.6 Å². The summed E-state index contributed by atoms with van der Waals surface area (Å²) in [7, 11) is 0. The highest BCUT2D eigenvalue weighted by Crippen LogP contribution is 2.56. The van der Waals surface area contributed by atoms with Crippen LogP contribution in [0.3, 0.4) is 0 Å². The molecule has 2 aromatic rings. The minimum absolute atomic E-state index is 0.198. The van der Waals surface area contributed by atoms with Gasteiger partial charge in [0.1, 0.15) is 6.04 Å². The second kappa shape index (κ2) is 9.88. The molecular weight excluding hydrogens is 456 g/mol. The molecule has 2 saturated carbocycles. The van der Waals surface area contributed by atoms with Gasteiger partial charge in [-0.1, -0.05) is 44.2 Å². The standard InChI is InChI=1S/C29H32N2O5/c1-17(2)16-36-29(35)19-10-12-22(13-11-19)30-26(32)23(14-18-6-4-3-5-7-18)31-27(33)24-20-8-9-21(15-20)25(24)28(31)34/h3-7,10-13,17,20-21,23-25H,8-9,14-16H2,1-2H3,(H,30,32)/t20-,21+,23-,24-,25-/m0/s1. The van der Waals surface area contributed by atoms with Crippen LogP contribution in [0.5, 0.6) is 0 Å². The Kier molecular flexibility index (Phi) is 6.65. The molecule has 0 spiro atoms. The maximum absolute atomic E-state index is 13.5. The molecule has 1 saturated heterocycles. The molecule has 1 heterocycles. The Morgan fingerprint density at radius 1 is 0.944 bits per heavy atom. The molecule has 5 atom stereocenters. The molecule has 3 fully saturated rings. The quantitative estimate of drug-likeness (QED) is 0.447. The van der Waals surface area contributed by atoms with Gasteiger partial charge in [0.15, 0.2) is 0 Å². The van der Waals surface area contributed by atoms with E-state index in [4.69, 9.17) is 4.74 Å². The molecule has 0 aromatic heterocycles. The molecule has 36 heavy (non-hydrogen) atoms. The van der Waals surface area contributed by atoms with Crippen LogP contribution in [-0.2, 0) is 25.5 Å². The van der Waals surface area contributed by atoms with Crippen LogP contribution in [0.2, 0.25) is 0 Å². The predicted molar refractivity (Wildman–Crippen MR) is 134 cm³/mol. The van der Waals surface area contributed by atoms with Gasteiger partial charge in [-0.2, -0.15) is 0 Å². The first-order chi connectivity index (χ1) is 17.3. The smallest absolute Gasteiger partial charge is 0.338 e. The Balaban J connectivity index is 1.35. The highest BCUT2D eigenvalue weighted by molar-refractivity contribution is 6.10. The van der Waals surface area contributed by atoms with Crippen molar-refractivity contribution in [2.24, 2.45) is 29.6 Å². The number of rotatable bonds is 8. The van der Waals surface area contributed by atoms with Gasteiger partial charge in [-0.3, -0.25) is 19.3 Å². The third-order valence-corrected chi connectivity index (χ3v) is 7.78. The van der Waals surface area contributed by atoms with Crippen molar-refractivity contribution in [1.82, 2.24) is 4.90 Å². The summed E-state index contributed by atoms with van der Waals surface area (Å²) in [5.41, 5.74) is 1.75. The van der Waals surface area contributed by atoms with Crippen molar-refractivity contribution in [3.8, 4) is 0 Å².